The van der Waals surface area contributed by atoms with E-state index in [1.807, 2.05) is 0 Å². The number of aryl methyl sites for hydroxylation is 2. The fourth-order valence-electron chi connectivity index (χ4n) is 1.72. The van der Waals surface area contributed by atoms with E-state index in [-0.39, 0.29) is 17.2 Å². The maximum absolute atomic E-state index is 12.0. The third kappa shape index (κ3) is 1.77. The molecule has 0 aliphatic heterocycles. The third-order valence-corrected chi connectivity index (χ3v) is 2.79. The number of carbonyl (C=O) groups is 1. The number of imidazole rings is 1. The highest BCUT2D eigenvalue weighted by atomic mass is 16.5. The van der Waals surface area contributed by atoms with Crippen molar-refractivity contribution in [2.45, 2.75) is 0 Å². The van der Waals surface area contributed by atoms with Gasteiger partial charge in [0.2, 0.25) is 0 Å². The molecule has 2 aromatic heterocycles. The SMILES string of the molecule is C=CC(=O)Oc1nc2c(c(=O)n(C)c(=O)n2C)n1C. The van der Waals surface area contributed by atoms with Gasteiger partial charge in [0.05, 0.1) is 0 Å². The summed E-state index contributed by atoms with van der Waals surface area (Å²) >= 11 is 0. The standard InChI is InChI=1S/C11H12N4O4/c1-5-6(16)19-10-12-8-7(13(10)2)9(17)15(4)11(18)14(8)3/h5H,1H2,2-4H3. The summed E-state index contributed by atoms with van der Waals surface area (Å²) in [7, 11) is 4.37. The fourth-order valence-corrected chi connectivity index (χ4v) is 1.72. The molecule has 0 amide bonds. The van der Waals surface area contributed by atoms with Gasteiger partial charge < -0.3 is 4.74 Å². The van der Waals surface area contributed by atoms with E-state index < -0.39 is 17.2 Å². The molecule has 0 bridgehead atoms. The van der Waals surface area contributed by atoms with Crippen LogP contribution in [-0.4, -0.2) is 24.7 Å². The van der Waals surface area contributed by atoms with Gasteiger partial charge in [0.1, 0.15) is 0 Å². The first-order valence-electron chi connectivity index (χ1n) is 5.35. The van der Waals surface area contributed by atoms with Crippen LogP contribution in [0.2, 0.25) is 0 Å². The Kier molecular flexibility index (Phi) is 2.85. The predicted molar refractivity (Wildman–Crippen MR) is 67.0 cm³/mol. The quantitative estimate of drug-likeness (QED) is 0.516. The van der Waals surface area contributed by atoms with Crippen LogP contribution >= 0.6 is 0 Å². The van der Waals surface area contributed by atoms with E-state index in [1.165, 1.54) is 30.3 Å². The Morgan fingerprint density at radius 2 is 1.84 bits per heavy atom. The Balaban J connectivity index is 2.84. The number of rotatable bonds is 2. The minimum absolute atomic E-state index is 0.0711. The Morgan fingerprint density at radius 1 is 1.21 bits per heavy atom. The number of carbonyl (C=O) groups excluding carboxylic acids is 1. The lowest BCUT2D eigenvalue weighted by molar-refractivity contribution is -0.129. The molecule has 2 heterocycles. The van der Waals surface area contributed by atoms with E-state index in [4.69, 9.17) is 4.74 Å². The summed E-state index contributed by atoms with van der Waals surface area (Å²) in [6.45, 7) is 3.27. The molecule has 2 aromatic rings. The molecule has 0 spiro atoms. The lowest BCUT2D eigenvalue weighted by Gasteiger charge is -2.03. The molecule has 2 rings (SSSR count). The lowest BCUT2D eigenvalue weighted by Crippen LogP contribution is -2.37. The molecular weight excluding hydrogens is 252 g/mol. The van der Waals surface area contributed by atoms with Crippen LogP contribution in [0.25, 0.3) is 11.2 Å². The smallest absolute Gasteiger partial charge is 0.337 e. The van der Waals surface area contributed by atoms with Crippen LogP contribution in [0.4, 0.5) is 0 Å². The maximum atomic E-state index is 12.0. The zero-order valence-corrected chi connectivity index (χ0v) is 10.7. The van der Waals surface area contributed by atoms with Crippen LogP contribution in [0, 0.1) is 0 Å². The van der Waals surface area contributed by atoms with Crippen molar-refractivity contribution in [2.24, 2.45) is 21.1 Å². The molecule has 0 saturated heterocycles. The number of ether oxygens (including phenoxy) is 1. The molecule has 0 atom stereocenters. The predicted octanol–water partition coefficient (Wildman–Crippen LogP) is -0.938. The van der Waals surface area contributed by atoms with Crippen LogP contribution in [-0.2, 0) is 25.9 Å². The minimum atomic E-state index is -0.694. The van der Waals surface area contributed by atoms with Crippen LogP contribution in [0.3, 0.4) is 0 Å². The Bertz CT molecular complexity index is 809. The van der Waals surface area contributed by atoms with E-state index in [0.29, 0.717) is 0 Å². The van der Waals surface area contributed by atoms with Crippen LogP contribution < -0.4 is 16.0 Å². The van der Waals surface area contributed by atoms with E-state index in [0.717, 1.165) is 10.6 Å². The fraction of sp³-hybridized carbons (Fsp3) is 0.273. The first kappa shape index (κ1) is 12.8. The average molecular weight is 264 g/mol. The Hall–Kier alpha value is -2.64. The van der Waals surface area contributed by atoms with Crippen LogP contribution in [0.15, 0.2) is 22.2 Å². The minimum Gasteiger partial charge on any atom is -0.389 e. The number of fused-ring (bicyclic) bond motifs is 1. The molecule has 8 heteroatoms. The zero-order valence-electron chi connectivity index (χ0n) is 10.7. The molecule has 19 heavy (non-hydrogen) atoms. The van der Waals surface area contributed by atoms with Crippen molar-refractivity contribution in [2.75, 3.05) is 0 Å². The molecule has 0 aromatic carbocycles. The summed E-state index contributed by atoms with van der Waals surface area (Å²) in [5.41, 5.74) is -0.676. The summed E-state index contributed by atoms with van der Waals surface area (Å²) in [5, 5.41) is 0. The number of esters is 1. The number of nitrogens with zero attached hydrogens (tertiary/aromatic N) is 4. The van der Waals surface area contributed by atoms with E-state index in [1.54, 1.807) is 0 Å². The normalized spacial score (nSPS) is 10.7. The zero-order chi connectivity index (χ0) is 14.3. The van der Waals surface area contributed by atoms with Gasteiger partial charge in [-0.2, -0.15) is 4.98 Å². The molecule has 0 fully saturated rings. The average Bonchev–Trinajstić information content (AvgIpc) is 2.71. The van der Waals surface area contributed by atoms with Gasteiger partial charge in [0, 0.05) is 27.2 Å². The van der Waals surface area contributed by atoms with Crippen molar-refractivity contribution in [3.05, 3.63) is 33.5 Å². The number of hydrogen-bond acceptors (Lipinski definition) is 5. The molecular formula is C11H12N4O4. The molecule has 0 N–H and O–H groups in total. The summed E-state index contributed by atoms with van der Waals surface area (Å²) in [5.74, 6) is -0.694. The Morgan fingerprint density at radius 3 is 2.42 bits per heavy atom. The molecule has 0 saturated carbocycles. The van der Waals surface area contributed by atoms with Gasteiger partial charge in [-0.05, 0) is 0 Å². The van der Waals surface area contributed by atoms with Gasteiger partial charge in [-0.1, -0.05) is 6.58 Å². The second-order valence-electron chi connectivity index (χ2n) is 3.96. The Labute approximate surface area is 107 Å². The topological polar surface area (TPSA) is 88.1 Å². The van der Waals surface area contributed by atoms with E-state index in [9.17, 15) is 14.4 Å². The van der Waals surface area contributed by atoms with Crippen molar-refractivity contribution in [3.8, 4) is 6.01 Å². The second kappa shape index (κ2) is 4.23. The molecule has 0 aliphatic carbocycles. The van der Waals surface area contributed by atoms with Crippen molar-refractivity contribution >= 4 is 17.1 Å². The van der Waals surface area contributed by atoms with Gasteiger partial charge in [-0.3, -0.25) is 18.5 Å². The number of aromatic nitrogens is 4. The van der Waals surface area contributed by atoms with Gasteiger partial charge in [0.25, 0.3) is 5.56 Å². The molecule has 0 unspecified atom stereocenters. The van der Waals surface area contributed by atoms with Crippen molar-refractivity contribution in [1.82, 2.24) is 18.7 Å². The van der Waals surface area contributed by atoms with Gasteiger partial charge in [0.15, 0.2) is 11.2 Å². The van der Waals surface area contributed by atoms with Crippen molar-refractivity contribution in [3.63, 3.8) is 0 Å². The first-order chi connectivity index (χ1) is 8.88. The highest BCUT2D eigenvalue weighted by molar-refractivity contribution is 5.83. The summed E-state index contributed by atoms with van der Waals surface area (Å²) < 4.78 is 8.39. The maximum Gasteiger partial charge on any atom is 0.337 e. The molecule has 0 aliphatic rings. The lowest BCUT2D eigenvalue weighted by atomic mass is 10.5. The van der Waals surface area contributed by atoms with Crippen LogP contribution in [0.5, 0.6) is 6.01 Å². The molecule has 0 radical (unpaired) electrons. The third-order valence-electron chi connectivity index (χ3n) is 2.79. The summed E-state index contributed by atoms with van der Waals surface area (Å²) in [4.78, 5) is 38.9. The van der Waals surface area contributed by atoms with E-state index in [2.05, 4.69) is 11.6 Å². The number of hydrogen-bond donors (Lipinski definition) is 0. The monoisotopic (exact) mass is 264 g/mol. The van der Waals surface area contributed by atoms with Crippen molar-refractivity contribution in [1.29, 1.82) is 0 Å². The van der Waals surface area contributed by atoms with Gasteiger partial charge in [-0.15, -0.1) is 0 Å². The van der Waals surface area contributed by atoms with Crippen molar-refractivity contribution < 1.29 is 9.53 Å². The highest BCUT2D eigenvalue weighted by Crippen LogP contribution is 2.15. The first-order valence-corrected chi connectivity index (χ1v) is 5.35. The van der Waals surface area contributed by atoms with E-state index >= 15 is 0 Å². The van der Waals surface area contributed by atoms with Gasteiger partial charge in [-0.25, -0.2) is 9.59 Å². The highest BCUT2D eigenvalue weighted by Gasteiger charge is 2.18. The second-order valence-corrected chi connectivity index (χ2v) is 3.96. The van der Waals surface area contributed by atoms with Crippen LogP contribution in [0.1, 0.15) is 0 Å². The molecule has 8 nitrogen and oxygen atoms in total. The van der Waals surface area contributed by atoms with Gasteiger partial charge >= 0.3 is 17.7 Å². The summed E-state index contributed by atoms with van der Waals surface area (Å²) in [6, 6.07) is -0.0711. The molecule has 100 valence electrons. The largest absolute Gasteiger partial charge is 0.389 e. The summed E-state index contributed by atoms with van der Waals surface area (Å²) in [6.07, 6.45) is 0.983.